The Hall–Kier alpha value is -3.52. The first-order chi connectivity index (χ1) is 17.4. The first kappa shape index (κ1) is 25.6. The second-order valence-corrected chi connectivity index (χ2v) is 9.42. The van der Waals surface area contributed by atoms with Crippen LogP contribution >= 0.6 is 0 Å². The first-order valence-electron chi connectivity index (χ1n) is 12.9. The van der Waals surface area contributed by atoms with Gasteiger partial charge in [0.05, 0.1) is 17.6 Å². The number of anilines is 1. The van der Waals surface area contributed by atoms with Crippen LogP contribution in [-0.4, -0.2) is 58.6 Å². The van der Waals surface area contributed by atoms with Crippen molar-refractivity contribution < 1.29 is 9.59 Å². The van der Waals surface area contributed by atoms with Gasteiger partial charge in [0, 0.05) is 61.4 Å². The van der Waals surface area contributed by atoms with Crippen LogP contribution in [0.2, 0.25) is 0 Å². The Morgan fingerprint density at radius 1 is 1.14 bits per heavy atom. The predicted octanol–water partition coefficient (Wildman–Crippen LogP) is 4.14. The maximum absolute atomic E-state index is 13.2. The summed E-state index contributed by atoms with van der Waals surface area (Å²) in [5.41, 5.74) is 11.6. The van der Waals surface area contributed by atoms with E-state index < -0.39 is 0 Å². The monoisotopic (exact) mass is 488 g/mol. The lowest BCUT2D eigenvalue weighted by Crippen LogP contribution is -2.34. The lowest BCUT2D eigenvalue weighted by Gasteiger charge is -2.27. The largest absolute Gasteiger partial charge is 0.387 e. The molecule has 0 bridgehead atoms. The number of amidine groups is 1. The third-order valence-electron chi connectivity index (χ3n) is 6.63. The zero-order valence-corrected chi connectivity index (χ0v) is 21.5. The number of pyridine rings is 1. The van der Waals surface area contributed by atoms with E-state index in [4.69, 9.17) is 5.73 Å². The molecule has 3 heterocycles. The fourth-order valence-corrected chi connectivity index (χ4v) is 4.75. The van der Waals surface area contributed by atoms with E-state index in [1.54, 1.807) is 18.3 Å². The second kappa shape index (κ2) is 11.5. The number of likely N-dealkylation sites (N-methyl/N-ethyl adjacent to an activating group) is 1. The number of carbonyl (C=O) groups is 2. The van der Waals surface area contributed by atoms with Crippen molar-refractivity contribution in [2.45, 2.75) is 53.0 Å². The summed E-state index contributed by atoms with van der Waals surface area (Å²) in [5, 5.41) is 2.97. The Labute approximate surface area is 213 Å². The Kier molecular flexibility index (Phi) is 8.15. The van der Waals surface area contributed by atoms with Gasteiger partial charge in [0.2, 0.25) is 5.91 Å². The highest BCUT2D eigenvalue weighted by molar-refractivity contribution is 6.07. The number of aliphatic imine (C=N–C) groups is 1. The second-order valence-electron chi connectivity index (χ2n) is 9.42. The van der Waals surface area contributed by atoms with E-state index in [-0.39, 0.29) is 18.2 Å². The van der Waals surface area contributed by atoms with Crippen LogP contribution in [0.4, 0.5) is 11.4 Å². The van der Waals surface area contributed by atoms with Crippen LogP contribution in [0.5, 0.6) is 0 Å². The van der Waals surface area contributed by atoms with E-state index in [2.05, 4.69) is 41.0 Å². The van der Waals surface area contributed by atoms with Gasteiger partial charge in [-0.1, -0.05) is 26.8 Å². The minimum Gasteiger partial charge on any atom is -0.387 e. The molecule has 3 N–H and O–H groups in total. The lowest BCUT2D eigenvalue weighted by molar-refractivity contribution is -0.127. The molecule has 2 amide bonds. The number of hydrogen-bond acceptors (Lipinski definition) is 6. The summed E-state index contributed by atoms with van der Waals surface area (Å²) in [6, 6.07) is 7.32. The fourth-order valence-electron chi connectivity index (χ4n) is 4.75. The molecule has 8 heteroatoms. The molecule has 0 fully saturated rings. The van der Waals surface area contributed by atoms with E-state index in [1.165, 1.54) is 0 Å². The lowest BCUT2D eigenvalue weighted by atomic mass is 10.0. The Balaban J connectivity index is 1.54. The number of rotatable bonds is 8. The fraction of sp³-hybridized carbons (Fsp3) is 0.429. The number of carbonyl (C=O) groups excluding carboxylic acids is 2. The van der Waals surface area contributed by atoms with Gasteiger partial charge in [-0.3, -0.25) is 19.5 Å². The molecule has 0 spiro atoms. The third kappa shape index (κ3) is 5.82. The summed E-state index contributed by atoms with van der Waals surface area (Å²) >= 11 is 0. The molecule has 2 aliphatic heterocycles. The number of aromatic nitrogens is 1. The van der Waals surface area contributed by atoms with Crippen molar-refractivity contribution in [2.24, 2.45) is 10.7 Å². The van der Waals surface area contributed by atoms with E-state index in [0.29, 0.717) is 41.4 Å². The number of benzene rings is 1. The van der Waals surface area contributed by atoms with Crippen molar-refractivity contribution in [1.29, 1.82) is 0 Å². The molecular formula is C28H36N6O2. The zero-order chi connectivity index (χ0) is 25.7. The number of hydrogen-bond donors (Lipinski definition) is 2. The molecule has 2 aromatic rings. The molecule has 8 nitrogen and oxygen atoms in total. The highest BCUT2D eigenvalue weighted by Crippen LogP contribution is 2.29. The molecule has 0 saturated heterocycles. The number of nitrogens with zero attached hydrogens (tertiary/aromatic N) is 4. The van der Waals surface area contributed by atoms with Crippen LogP contribution in [0.3, 0.4) is 0 Å². The smallest absolute Gasteiger partial charge is 0.255 e. The summed E-state index contributed by atoms with van der Waals surface area (Å²) in [7, 11) is 0. The van der Waals surface area contributed by atoms with Crippen molar-refractivity contribution in [1.82, 2.24) is 14.8 Å². The van der Waals surface area contributed by atoms with Crippen LogP contribution in [0.25, 0.3) is 6.08 Å². The third-order valence-corrected chi connectivity index (χ3v) is 6.63. The molecule has 0 atom stereocenters. The van der Waals surface area contributed by atoms with Crippen LogP contribution in [0.1, 0.15) is 67.2 Å². The van der Waals surface area contributed by atoms with Gasteiger partial charge in [-0.25, -0.2) is 4.99 Å². The van der Waals surface area contributed by atoms with E-state index >= 15 is 0 Å². The average Bonchev–Trinajstić information content (AvgIpc) is 3.05. The molecule has 0 aliphatic carbocycles. The molecule has 190 valence electrons. The van der Waals surface area contributed by atoms with Gasteiger partial charge in [-0.05, 0) is 49.2 Å². The highest BCUT2D eigenvalue weighted by Gasteiger charge is 2.22. The maximum Gasteiger partial charge on any atom is 0.255 e. The van der Waals surface area contributed by atoms with Crippen molar-refractivity contribution >= 4 is 35.1 Å². The molecule has 0 radical (unpaired) electrons. The highest BCUT2D eigenvalue weighted by atomic mass is 16.2. The quantitative estimate of drug-likeness (QED) is 0.581. The standard InChI is InChI=1S/C28H36N6O2/c1-4-10-34(11-5-2)28(36)21-13-19-7-8-20(15-25(19)32-26(29)16-21)27(35)31-23-14-22-18-33(6-3)12-9-24(22)30-17-23/h7-8,13-15,17H,4-6,9-12,16,18H2,1-3H3,(H2,29,32)(H,31,35). The normalized spacial score (nSPS) is 15.2. The van der Waals surface area contributed by atoms with E-state index in [1.807, 2.05) is 23.1 Å². The molecule has 4 rings (SSSR count). The van der Waals surface area contributed by atoms with Crippen LogP contribution in [-0.2, 0) is 17.8 Å². The Morgan fingerprint density at radius 3 is 2.64 bits per heavy atom. The van der Waals surface area contributed by atoms with Crippen molar-refractivity contribution in [3.05, 3.63) is 58.4 Å². The molecule has 2 aliphatic rings. The van der Waals surface area contributed by atoms with Crippen LogP contribution < -0.4 is 11.1 Å². The number of fused-ring (bicyclic) bond motifs is 2. The molecule has 1 aromatic heterocycles. The molecule has 0 saturated carbocycles. The van der Waals surface area contributed by atoms with Crippen molar-refractivity contribution in [2.75, 3.05) is 31.5 Å². The minimum absolute atomic E-state index is 0.00642. The van der Waals surface area contributed by atoms with Gasteiger partial charge in [0.25, 0.3) is 5.91 Å². The van der Waals surface area contributed by atoms with Gasteiger partial charge >= 0.3 is 0 Å². The van der Waals surface area contributed by atoms with Gasteiger partial charge in [-0.15, -0.1) is 0 Å². The predicted molar refractivity (Wildman–Crippen MR) is 144 cm³/mol. The maximum atomic E-state index is 13.2. The number of nitrogens with two attached hydrogens (primary N) is 1. The SMILES string of the molecule is CCCN(CCC)C(=O)C1=Cc2ccc(C(=O)Nc3cnc4c(c3)CN(CC)CC4)cc2N=C(N)C1. The summed E-state index contributed by atoms with van der Waals surface area (Å²) in [5.74, 6) is 0.115. The summed E-state index contributed by atoms with van der Waals surface area (Å²) < 4.78 is 0. The first-order valence-corrected chi connectivity index (χ1v) is 12.9. The van der Waals surface area contributed by atoms with Gasteiger partial charge in [0.1, 0.15) is 5.84 Å². The number of amides is 2. The van der Waals surface area contributed by atoms with Gasteiger partial charge < -0.3 is 16.0 Å². The Bertz CT molecular complexity index is 1200. The molecule has 1 aromatic carbocycles. The van der Waals surface area contributed by atoms with Gasteiger partial charge in [-0.2, -0.15) is 0 Å². The molecular weight excluding hydrogens is 452 g/mol. The van der Waals surface area contributed by atoms with Gasteiger partial charge in [0.15, 0.2) is 0 Å². The topological polar surface area (TPSA) is 104 Å². The Morgan fingerprint density at radius 2 is 1.92 bits per heavy atom. The summed E-state index contributed by atoms with van der Waals surface area (Å²) in [6.07, 6.45) is 6.58. The average molecular weight is 489 g/mol. The van der Waals surface area contributed by atoms with Crippen LogP contribution in [0, 0.1) is 0 Å². The number of nitrogens with one attached hydrogen (secondary N) is 1. The van der Waals surface area contributed by atoms with Crippen LogP contribution in [0.15, 0.2) is 41.0 Å². The van der Waals surface area contributed by atoms with E-state index in [0.717, 1.165) is 55.7 Å². The van der Waals surface area contributed by atoms with Crippen molar-refractivity contribution in [3.63, 3.8) is 0 Å². The van der Waals surface area contributed by atoms with E-state index in [9.17, 15) is 9.59 Å². The zero-order valence-electron chi connectivity index (χ0n) is 21.5. The molecule has 36 heavy (non-hydrogen) atoms. The van der Waals surface area contributed by atoms with Crippen molar-refractivity contribution in [3.8, 4) is 0 Å². The summed E-state index contributed by atoms with van der Waals surface area (Å²) in [6.45, 7) is 10.5. The summed E-state index contributed by atoms with van der Waals surface area (Å²) in [4.78, 5) is 39.6. The minimum atomic E-state index is -0.238. The molecule has 0 unspecified atom stereocenters.